The molecule has 0 amide bonds. The second-order valence-electron chi connectivity index (χ2n) is 3.66. The minimum absolute atomic E-state index is 0.420. The van der Waals surface area contributed by atoms with E-state index in [1.807, 2.05) is 0 Å². The molecule has 0 N–H and O–H groups in total. The largest absolute Gasteiger partial charge is 0.295 e. The number of rotatable bonds is 1. The molecule has 0 atom stereocenters. The van der Waals surface area contributed by atoms with Crippen LogP contribution in [0.25, 0.3) is 0 Å². The zero-order chi connectivity index (χ0) is 7.68. The van der Waals surface area contributed by atoms with Crippen LogP contribution < -0.4 is 0 Å². The Labute approximate surface area is 67.5 Å². The van der Waals surface area contributed by atoms with Gasteiger partial charge in [-0.05, 0) is 43.6 Å². The number of carbonyl (C=O) groups is 1. The topological polar surface area (TPSA) is 17.1 Å². The molecular weight excluding hydrogens is 136 g/mol. The van der Waals surface area contributed by atoms with Crippen molar-refractivity contribution >= 4 is 5.78 Å². The highest BCUT2D eigenvalue weighted by molar-refractivity contribution is 5.95. The second kappa shape index (κ2) is 2.80. The highest BCUT2D eigenvalue weighted by Gasteiger charge is 2.22. The van der Waals surface area contributed by atoms with Crippen LogP contribution in [0.5, 0.6) is 0 Å². The number of Topliss-reactive ketones (excluding diaryl/α,β-unsaturated/α-hetero) is 1. The summed E-state index contributed by atoms with van der Waals surface area (Å²) in [4.78, 5) is 11.3. The Kier molecular flexibility index (Phi) is 1.80. The van der Waals surface area contributed by atoms with Gasteiger partial charge in [0.05, 0.1) is 0 Å². The third kappa shape index (κ3) is 1.70. The predicted molar refractivity (Wildman–Crippen MR) is 44.3 cm³/mol. The van der Waals surface area contributed by atoms with Crippen LogP contribution in [-0.2, 0) is 4.79 Å². The minimum Gasteiger partial charge on any atom is -0.295 e. The maximum atomic E-state index is 11.3. The van der Waals surface area contributed by atoms with Crippen molar-refractivity contribution in [2.75, 3.05) is 0 Å². The first kappa shape index (κ1) is 7.08. The van der Waals surface area contributed by atoms with E-state index >= 15 is 0 Å². The summed E-state index contributed by atoms with van der Waals surface area (Å²) >= 11 is 0. The van der Waals surface area contributed by atoms with Gasteiger partial charge in [0.1, 0.15) is 0 Å². The second-order valence-corrected chi connectivity index (χ2v) is 3.66. The maximum absolute atomic E-state index is 11.3. The lowest BCUT2D eigenvalue weighted by atomic mass is 9.93. The third-order valence-electron chi connectivity index (χ3n) is 2.52. The first-order valence-electron chi connectivity index (χ1n) is 4.60. The standard InChI is InChI=1S/C10H14O/c11-10-4-2-1-3-9(10)7-8-5-6-8/h7-8H,1-6H2. The van der Waals surface area contributed by atoms with E-state index in [4.69, 9.17) is 0 Å². The molecular formula is C10H14O. The number of allylic oxidation sites excluding steroid dienone is 2. The molecule has 0 aliphatic heterocycles. The average molecular weight is 150 g/mol. The minimum atomic E-state index is 0.420. The van der Waals surface area contributed by atoms with Gasteiger partial charge in [-0.1, -0.05) is 6.08 Å². The lowest BCUT2D eigenvalue weighted by Gasteiger charge is -2.11. The molecule has 0 saturated heterocycles. The molecule has 2 fully saturated rings. The Bertz CT molecular complexity index is 199. The van der Waals surface area contributed by atoms with Gasteiger partial charge in [0.2, 0.25) is 0 Å². The van der Waals surface area contributed by atoms with Crippen molar-refractivity contribution in [2.24, 2.45) is 5.92 Å². The summed E-state index contributed by atoms with van der Waals surface area (Å²) in [5.41, 5.74) is 1.14. The fourth-order valence-corrected chi connectivity index (χ4v) is 1.62. The van der Waals surface area contributed by atoms with Crippen LogP contribution in [0, 0.1) is 5.92 Å². The molecule has 0 unspecified atom stereocenters. The van der Waals surface area contributed by atoms with E-state index in [0.717, 1.165) is 30.8 Å². The van der Waals surface area contributed by atoms with E-state index < -0.39 is 0 Å². The van der Waals surface area contributed by atoms with Crippen LogP contribution in [0.4, 0.5) is 0 Å². The Morgan fingerprint density at radius 2 is 1.91 bits per heavy atom. The Hall–Kier alpha value is -0.590. The molecule has 2 aliphatic rings. The molecule has 11 heavy (non-hydrogen) atoms. The Morgan fingerprint density at radius 3 is 2.55 bits per heavy atom. The van der Waals surface area contributed by atoms with Gasteiger partial charge in [-0.15, -0.1) is 0 Å². The lowest BCUT2D eigenvalue weighted by molar-refractivity contribution is -0.116. The summed E-state index contributed by atoms with van der Waals surface area (Å²) in [7, 11) is 0. The zero-order valence-electron chi connectivity index (χ0n) is 6.81. The molecule has 2 aliphatic carbocycles. The average Bonchev–Trinajstić information content (AvgIpc) is 2.78. The van der Waals surface area contributed by atoms with E-state index in [-0.39, 0.29) is 0 Å². The van der Waals surface area contributed by atoms with E-state index in [1.54, 1.807) is 0 Å². The molecule has 0 bridgehead atoms. The van der Waals surface area contributed by atoms with Crippen LogP contribution in [0.1, 0.15) is 38.5 Å². The fourth-order valence-electron chi connectivity index (χ4n) is 1.62. The normalized spacial score (nSPS) is 29.5. The van der Waals surface area contributed by atoms with Gasteiger partial charge in [0.15, 0.2) is 5.78 Å². The first-order chi connectivity index (χ1) is 5.36. The number of carbonyl (C=O) groups excluding carboxylic acids is 1. The van der Waals surface area contributed by atoms with Crippen LogP contribution in [-0.4, -0.2) is 5.78 Å². The van der Waals surface area contributed by atoms with Crippen molar-refractivity contribution in [3.8, 4) is 0 Å². The van der Waals surface area contributed by atoms with Crippen molar-refractivity contribution < 1.29 is 4.79 Å². The van der Waals surface area contributed by atoms with E-state index in [9.17, 15) is 4.79 Å². The molecule has 1 nitrogen and oxygen atoms in total. The molecule has 1 heteroatoms. The van der Waals surface area contributed by atoms with Crippen LogP contribution in [0.2, 0.25) is 0 Å². The Morgan fingerprint density at radius 1 is 1.18 bits per heavy atom. The quantitative estimate of drug-likeness (QED) is 0.525. The summed E-state index contributed by atoms with van der Waals surface area (Å²) in [6.45, 7) is 0. The van der Waals surface area contributed by atoms with Gasteiger partial charge in [-0.3, -0.25) is 4.79 Å². The molecule has 0 aromatic carbocycles. The van der Waals surface area contributed by atoms with Gasteiger partial charge in [0.25, 0.3) is 0 Å². The predicted octanol–water partition coefficient (Wildman–Crippen LogP) is 2.47. The fraction of sp³-hybridized carbons (Fsp3) is 0.700. The van der Waals surface area contributed by atoms with Gasteiger partial charge in [0, 0.05) is 6.42 Å². The van der Waals surface area contributed by atoms with Gasteiger partial charge in [-0.2, -0.15) is 0 Å². The Balaban J connectivity index is 2.03. The van der Waals surface area contributed by atoms with E-state index in [1.165, 1.54) is 19.3 Å². The van der Waals surface area contributed by atoms with Crippen molar-refractivity contribution in [1.29, 1.82) is 0 Å². The van der Waals surface area contributed by atoms with Crippen molar-refractivity contribution in [3.05, 3.63) is 11.6 Å². The summed E-state index contributed by atoms with van der Waals surface area (Å²) in [6, 6.07) is 0. The third-order valence-corrected chi connectivity index (χ3v) is 2.52. The van der Waals surface area contributed by atoms with Crippen LogP contribution in [0.3, 0.4) is 0 Å². The zero-order valence-corrected chi connectivity index (χ0v) is 6.81. The molecule has 2 rings (SSSR count). The summed E-state index contributed by atoms with van der Waals surface area (Å²) in [6.07, 6.45) is 9.05. The molecule has 0 aromatic rings. The summed E-state index contributed by atoms with van der Waals surface area (Å²) < 4.78 is 0. The SMILES string of the molecule is O=C1CCCCC1=CC1CC1. The van der Waals surface area contributed by atoms with E-state index in [2.05, 4.69) is 6.08 Å². The van der Waals surface area contributed by atoms with Gasteiger partial charge >= 0.3 is 0 Å². The number of ketones is 1. The molecule has 0 heterocycles. The maximum Gasteiger partial charge on any atom is 0.158 e. The highest BCUT2D eigenvalue weighted by atomic mass is 16.1. The van der Waals surface area contributed by atoms with Crippen molar-refractivity contribution in [2.45, 2.75) is 38.5 Å². The van der Waals surface area contributed by atoms with Crippen LogP contribution >= 0.6 is 0 Å². The summed E-state index contributed by atoms with van der Waals surface area (Å²) in [5.74, 6) is 1.19. The molecule has 0 radical (unpaired) electrons. The van der Waals surface area contributed by atoms with Crippen molar-refractivity contribution in [1.82, 2.24) is 0 Å². The monoisotopic (exact) mass is 150 g/mol. The first-order valence-corrected chi connectivity index (χ1v) is 4.60. The number of hydrogen-bond donors (Lipinski definition) is 0. The lowest BCUT2D eigenvalue weighted by Crippen LogP contribution is -2.08. The van der Waals surface area contributed by atoms with E-state index in [0.29, 0.717) is 5.78 Å². The van der Waals surface area contributed by atoms with Crippen molar-refractivity contribution in [3.63, 3.8) is 0 Å². The van der Waals surface area contributed by atoms with Gasteiger partial charge in [-0.25, -0.2) is 0 Å². The smallest absolute Gasteiger partial charge is 0.158 e. The molecule has 60 valence electrons. The molecule has 0 aromatic heterocycles. The highest BCUT2D eigenvalue weighted by Crippen LogP contribution is 2.33. The molecule has 0 spiro atoms. The molecule has 2 saturated carbocycles. The number of hydrogen-bond acceptors (Lipinski definition) is 1. The van der Waals surface area contributed by atoms with Gasteiger partial charge < -0.3 is 0 Å². The summed E-state index contributed by atoms with van der Waals surface area (Å²) in [5, 5.41) is 0. The van der Waals surface area contributed by atoms with Crippen LogP contribution in [0.15, 0.2) is 11.6 Å².